The van der Waals surface area contributed by atoms with Crippen LogP contribution < -0.4 is 10.0 Å². The third-order valence-corrected chi connectivity index (χ3v) is 4.11. The molecule has 6 heteroatoms. The second-order valence-electron chi connectivity index (χ2n) is 5.65. The number of hydrogen-bond donors (Lipinski definition) is 2. The van der Waals surface area contributed by atoms with E-state index in [9.17, 15) is 8.42 Å². The van der Waals surface area contributed by atoms with Crippen molar-refractivity contribution in [2.75, 3.05) is 12.8 Å². The monoisotopic (exact) mass is 318 g/mol. The third kappa shape index (κ3) is 6.22. The Morgan fingerprint density at radius 1 is 1.25 bits per heavy atom. The molecule has 4 nitrogen and oxygen atoms in total. The van der Waals surface area contributed by atoms with E-state index in [0.29, 0.717) is 11.6 Å². The van der Waals surface area contributed by atoms with Gasteiger partial charge >= 0.3 is 0 Å². The van der Waals surface area contributed by atoms with E-state index < -0.39 is 15.6 Å². The molecule has 1 rings (SSSR count). The van der Waals surface area contributed by atoms with Gasteiger partial charge < -0.3 is 5.32 Å². The van der Waals surface area contributed by atoms with E-state index in [4.69, 9.17) is 11.6 Å². The minimum Gasteiger partial charge on any atom is -0.308 e. The lowest BCUT2D eigenvalue weighted by molar-refractivity contribution is 0.386. The fraction of sp³-hybridized carbons (Fsp3) is 0.571. The summed E-state index contributed by atoms with van der Waals surface area (Å²) in [7, 11) is -3.21. The fourth-order valence-corrected chi connectivity index (χ4v) is 3.31. The molecule has 0 aliphatic rings. The summed E-state index contributed by atoms with van der Waals surface area (Å²) < 4.78 is 25.3. The summed E-state index contributed by atoms with van der Waals surface area (Å²) >= 11 is 5.88. The molecule has 0 aliphatic carbocycles. The van der Waals surface area contributed by atoms with Crippen molar-refractivity contribution < 1.29 is 8.42 Å². The van der Waals surface area contributed by atoms with Gasteiger partial charge in [-0.05, 0) is 38.0 Å². The molecule has 20 heavy (non-hydrogen) atoms. The Labute approximate surface area is 127 Å². The van der Waals surface area contributed by atoms with Crippen LogP contribution in [0.4, 0.5) is 0 Å². The van der Waals surface area contributed by atoms with Crippen LogP contribution in [0.1, 0.15) is 38.8 Å². The fourth-order valence-electron chi connectivity index (χ4n) is 2.11. The first-order valence-corrected chi connectivity index (χ1v) is 8.88. The number of nitrogens with one attached hydrogen (secondary N) is 2. The van der Waals surface area contributed by atoms with Crippen molar-refractivity contribution in [3.05, 3.63) is 34.9 Å². The summed E-state index contributed by atoms with van der Waals surface area (Å²) in [5.41, 5.74) is 0.611. The SMILES string of the molecule is CCC(NCC(C)(C)NS(C)(=O)=O)c1ccc(Cl)cc1. The van der Waals surface area contributed by atoms with Crippen LogP contribution in [0.3, 0.4) is 0 Å². The first kappa shape index (κ1) is 17.4. The summed E-state index contributed by atoms with van der Waals surface area (Å²) in [5, 5.41) is 4.11. The third-order valence-electron chi connectivity index (χ3n) is 2.93. The largest absolute Gasteiger partial charge is 0.308 e. The Morgan fingerprint density at radius 3 is 2.25 bits per heavy atom. The molecule has 114 valence electrons. The number of rotatable bonds is 7. The Kier molecular flexibility index (Phi) is 6.01. The van der Waals surface area contributed by atoms with Crippen molar-refractivity contribution in [3.63, 3.8) is 0 Å². The van der Waals surface area contributed by atoms with Crippen LogP contribution >= 0.6 is 11.6 Å². The molecule has 0 heterocycles. The lowest BCUT2D eigenvalue weighted by Gasteiger charge is -2.28. The van der Waals surface area contributed by atoms with E-state index in [1.807, 2.05) is 38.1 Å². The van der Waals surface area contributed by atoms with Gasteiger partial charge in [0.05, 0.1) is 6.26 Å². The number of benzene rings is 1. The zero-order valence-corrected chi connectivity index (χ0v) is 14.0. The highest BCUT2D eigenvalue weighted by molar-refractivity contribution is 7.88. The molecule has 0 aliphatic heterocycles. The molecule has 0 amide bonds. The van der Waals surface area contributed by atoms with Crippen molar-refractivity contribution in [3.8, 4) is 0 Å². The molecular weight excluding hydrogens is 296 g/mol. The van der Waals surface area contributed by atoms with Gasteiger partial charge in [-0.25, -0.2) is 13.1 Å². The molecular formula is C14H23ClN2O2S. The maximum Gasteiger partial charge on any atom is 0.209 e. The van der Waals surface area contributed by atoms with Crippen LogP contribution in [0.25, 0.3) is 0 Å². The molecule has 0 fully saturated rings. The molecule has 0 bridgehead atoms. The topological polar surface area (TPSA) is 58.2 Å². The van der Waals surface area contributed by atoms with Crippen molar-refractivity contribution in [2.45, 2.75) is 38.8 Å². The van der Waals surface area contributed by atoms with E-state index in [0.717, 1.165) is 12.0 Å². The highest BCUT2D eigenvalue weighted by Gasteiger charge is 2.23. The first-order chi connectivity index (χ1) is 9.13. The molecule has 0 aromatic heterocycles. The van der Waals surface area contributed by atoms with E-state index in [1.54, 1.807) is 0 Å². The van der Waals surface area contributed by atoms with E-state index in [1.165, 1.54) is 6.26 Å². The Balaban J connectivity index is 2.68. The minimum absolute atomic E-state index is 0.174. The number of halogens is 1. The van der Waals surface area contributed by atoms with Gasteiger partial charge in [-0.1, -0.05) is 30.7 Å². The van der Waals surface area contributed by atoms with Crippen LogP contribution in [0.5, 0.6) is 0 Å². The predicted octanol–water partition coefficient (Wildman–Crippen LogP) is 2.71. The highest BCUT2D eigenvalue weighted by Crippen LogP contribution is 2.19. The molecule has 1 unspecified atom stereocenters. The molecule has 0 saturated heterocycles. The molecule has 1 aromatic rings. The molecule has 1 aromatic carbocycles. The van der Waals surface area contributed by atoms with Crippen LogP contribution in [-0.2, 0) is 10.0 Å². The molecule has 1 atom stereocenters. The Bertz CT molecular complexity index is 527. The second-order valence-corrected chi connectivity index (χ2v) is 7.84. The average molecular weight is 319 g/mol. The molecule has 0 spiro atoms. The van der Waals surface area contributed by atoms with Crippen molar-refractivity contribution in [1.82, 2.24) is 10.0 Å². The van der Waals surface area contributed by atoms with Crippen molar-refractivity contribution in [2.24, 2.45) is 0 Å². The zero-order valence-electron chi connectivity index (χ0n) is 12.4. The van der Waals surface area contributed by atoms with Crippen LogP contribution in [0.2, 0.25) is 5.02 Å². The summed E-state index contributed by atoms with van der Waals surface area (Å²) in [5.74, 6) is 0. The maximum atomic E-state index is 11.3. The quantitative estimate of drug-likeness (QED) is 0.812. The van der Waals surface area contributed by atoms with Crippen molar-refractivity contribution >= 4 is 21.6 Å². The summed E-state index contributed by atoms with van der Waals surface area (Å²) in [6, 6.07) is 7.87. The van der Waals surface area contributed by atoms with Gasteiger partial charge in [0.1, 0.15) is 0 Å². The van der Waals surface area contributed by atoms with Gasteiger partial charge in [0.2, 0.25) is 10.0 Å². The summed E-state index contributed by atoms with van der Waals surface area (Å²) in [6.07, 6.45) is 2.09. The highest BCUT2D eigenvalue weighted by atomic mass is 35.5. The smallest absolute Gasteiger partial charge is 0.209 e. The standard InChI is InChI=1S/C14H23ClN2O2S/c1-5-13(11-6-8-12(15)9-7-11)16-10-14(2,3)17-20(4,18)19/h6-9,13,16-17H,5,10H2,1-4H3. The van der Waals surface area contributed by atoms with Gasteiger partial charge in [-0.15, -0.1) is 0 Å². The second kappa shape index (κ2) is 6.89. The zero-order chi connectivity index (χ0) is 15.4. The van der Waals surface area contributed by atoms with Gasteiger partial charge in [0.25, 0.3) is 0 Å². The lowest BCUT2D eigenvalue weighted by Crippen LogP contribution is -2.50. The van der Waals surface area contributed by atoms with Gasteiger partial charge in [-0.3, -0.25) is 0 Å². The predicted molar refractivity (Wildman–Crippen MR) is 84.5 cm³/mol. The number of sulfonamides is 1. The summed E-state index contributed by atoms with van der Waals surface area (Å²) in [6.45, 7) is 6.34. The van der Waals surface area contributed by atoms with E-state index in [-0.39, 0.29) is 6.04 Å². The summed E-state index contributed by atoms with van der Waals surface area (Å²) in [4.78, 5) is 0. The average Bonchev–Trinajstić information content (AvgIpc) is 2.29. The minimum atomic E-state index is -3.21. The van der Waals surface area contributed by atoms with Gasteiger partial charge in [0, 0.05) is 23.1 Å². The Morgan fingerprint density at radius 2 is 1.80 bits per heavy atom. The lowest BCUT2D eigenvalue weighted by atomic mass is 10.0. The van der Waals surface area contributed by atoms with Gasteiger partial charge in [0.15, 0.2) is 0 Å². The molecule has 2 N–H and O–H groups in total. The van der Waals surface area contributed by atoms with Crippen LogP contribution in [0.15, 0.2) is 24.3 Å². The number of hydrogen-bond acceptors (Lipinski definition) is 3. The van der Waals surface area contributed by atoms with Crippen LogP contribution in [-0.4, -0.2) is 26.8 Å². The van der Waals surface area contributed by atoms with Crippen LogP contribution in [0, 0.1) is 0 Å². The Hall–Kier alpha value is -0.620. The maximum absolute atomic E-state index is 11.3. The van der Waals surface area contributed by atoms with E-state index >= 15 is 0 Å². The molecule has 0 radical (unpaired) electrons. The van der Waals surface area contributed by atoms with Gasteiger partial charge in [-0.2, -0.15) is 0 Å². The van der Waals surface area contributed by atoms with Crippen molar-refractivity contribution in [1.29, 1.82) is 0 Å². The first-order valence-electron chi connectivity index (χ1n) is 6.61. The molecule has 0 saturated carbocycles. The van der Waals surface area contributed by atoms with E-state index in [2.05, 4.69) is 17.0 Å². The normalized spacial score (nSPS) is 14.2.